The first-order valence-electron chi connectivity index (χ1n) is 9.06. The van der Waals surface area contributed by atoms with Gasteiger partial charge < -0.3 is 4.74 Å². The quantitative estimate of drug-likeness (QED) is 0.398. The normalized spacial score (nSPS) is 11.9. The fourth-order valence-electron chi connectivity index (χ4n) is 3.00. The molecule has 6 heteroatoms. The van der Waals surface area contributed by atoms with Crippen LogP contribution in [0.1, 0.15) is 13.3 Å². The molecule has 0 aromatic heterocycles. The van der Waals surface area contributed by atoms with Crippen molar-refractivity contribution < 1.29 is 18.0 Å². The molecule has 28 heavy (non-hydrogen) atoms. The number of hydrogen-bond acceptors (Lipinski definition) is 4. The van der Waals surface area contributed by atoms with Gasteiger partial charge in [-0.3, -0.25) is 0 Å². The summed E-state index contributed by atoms with van der Waals surface area (Å²) in [5, 5.41) is 0. The van der Waals surface area contributed by atoms with Crippen molar-refractivity contribution in [3.8, 4) is 0 Å². The molecule has 0 fully saturated rings. The number of rotatable bonds is 10. The van der Waals surface area contributed by atoms with Gasteiger partial charge in [-0.05, 0) is 0 Å². The Morgan fingerprint density at radius 1 is 0.821 bits per heavy atom. The van der Waals surface area contributed by atoms with E-state index >= 15 is 0 Å². The van der Waals surface area contributed by atoms with Gasteiger partial charge in [0.1, 0.15) is 0 Å². The predicted molar refractivity (Wildman–Crippen MR) is 120 cm³/mol. The molecular weight excluding hydrogens is 431 g/mol. The standard InChI is InChI=1S/C18H25AsO3Si.C4H6O/c1-5-18(23(20-2,21-3)22-4)19(16-12-8-6-9-13-16)17-14-10-7-11-15-17;1-3-5-4-2/h6-15,18H,5H2,1-4H3;3-4H,1-2H2. The Morgan fingerprint density at radius 3 is 1.46 bits per heavy atom. The summed E-state index contributed by atoms with van der Waals surface area (Å²) in [6.07, 6.45) is 3.60. The van der Waals surface area contributed by atoms with E-state index in [1.807, 2.05) is 0 Å². The second-order valence-electron chi connectivity index (χ2n) is 5.65. The molecule has 2 rings (SSSR count). The van der Waals surface area contributed by atoms with E-state index in [-0.39, 0.29) is 0 Å². The van der Waals surface area contributed by atoms with Crippen molar-refractivity contribution in [1.82, 2.24) is 0 Å². The molecular formula is C22H31AsO4Si. The van der Waals surface area contributed by atoms with Crippen LogP contribution < -0.4 is 8.70 Å². The molecule has 0 spiro atoms. The molecule has 0 aliphatic heterocycles. The third-order valence-corrected chi connectivity index (χ3v) is 16.1. The van der Waals surface area contributed by atoms with Crippen molar-refractivity contribution in [2.24, 2.45) is 0 Å². The van der Waals surface area contributed by atoms with Crippen LogP contribution in [0.5, 0.6) is 0 Å². The van der Waals surface area contributed by atoms with Gasteiger partial charge in [-0.1, -0.05) is 13.2 Å². The summed E-state index contributed by atoms with van der Waals surface area (Å²) in [4.78, 5) is 0. The second kappa shape index (κ2) is 13.5. The van der Waals surface area contributed by atoms with E-state index in [0.717, 1.165) is 6.42 Å². The molecule has 1 atom stereocenters. The minimum atomic E-state index is -2.71. The van der Waals surface area contributed by atoms with Crippen molar-refractivity contribution in [3.63, 3.8) is 0 Å². The molecule has 0 N–H and O–H groups in total. The molecule has 0 radical (unpaired) electrons. The molecule has 2 aromatic carbocycles. The van der Waals surface area contributed by atoms with E-state index in [1.165, 1.54) is 21.2 Å². The van der Waals surface area contributed by atoms with Crippen LogP contribution in [-0.2, 0) is 18.0 Å². The average Bonchev–Trinajstić information content (AvgIpc) is 2.76. The third kappa shape index (κ3) is 6.47. The van der Waals surface area contributed by atoms with E-state index in [9.17, 15) is 0 Å². The van der Waals surface area contributed by atoms with E-state index in [0.29, 0.717) is 4.33 Å². The Kier molecular flexibility index (Phi) is 11.8. The van der Waals surface area contributed by atoms with Crippen molar-refractivity contribution >= 4 is 32.2 Å². The van der Waals surface area contributed by atoms with Crippen molar-refractivity contribution in [1.29, 1.82) is 0 Å². The van der Waals surface area contributed by atoms with Gasteiger partial charge in [0, 0.05) is 0 Å². The van der Waals surface area contributed by atoms with E-state index in [4.69, 9.17) is 13.3 Å². The Morgan fingerprint density at radius 2 is 1.21 bits per heavy atom. The molecule has 0 aliphatic rings. The molecule has 0 heterocycles. The average molecular weight is 462 g/mol. The van der Waals surface area contributed by atoms with Gasteiger partial charge in [0.05, 0.1) is 12.5 Å². The maximum atomic E-state index is 5.84. The third-order valence-electron chi connectivity index (χ3n) is 4.22. The van der Waals surface area contributed by atoms with Crippen molar-refractivity contribution in [2.45, 2.75) is 17.7 Å². The van der Waals surface area contributed by atoms with Crippen LogP contribution in [0.25, 0.3) is 0 Å². The van der Waals surface area contributed by atoms with Gasteiger partial charge in [-0.2, -0.15) is 0 Å². The summed E-state index contributed by atoms with van der Waals surface area (Å²) in [6.45, 7) is 8.72. The first-order valence-corrected chi connectivity index (χ1v) is 13.8. The van der Waals surface area contributed by atoms with Crippen molar-refractivity contribution in [2.75, 3.05) is 21.3 Å². The Labute approximate surface area is 175 Å². The molecule has 0 saturated carbocycles. The molecule has 0 bridgehead atoms. The number of ether oxygens (including phenoxy) is 1. The van der Waals surface area contributed by atoms with E-state index < -0.39 is 23.5 Å². The Hall–Kier alpha value is -1.62. The molecule has 0 aliphatic carbocycles. The maximum absolute atomic E-state index is 5.84. The Bertz CT molecular complexity index is 624. The van der Waals surface area contributed by atoms with Crippen LogP contribution in [0, 0.1) is 0 Å². The van der Waals surface area contributed by atoms with Gasteiger partial charge in [0.2, 0.25) is 0 Å². The summed E-state index contributed by atoms with van der Waals surface area (Å²) in [7, 11) is 2.43. The fraction of sp³-hybridized carbons (Fsp3) is 0.273. The predicted octanol–water partition coefficient (Wildman–Crippen LogP) is 3.78. The Balaban J connectivity index is 0.000000696. The SMILES string of the molecule is C=COC=C.CCC([As](c1ccccc1)c1ccccc1)[Si](OC)(OC)OC. The summed E-state index contributed by atoms with van der Waals surface area (Å²) in [5.41, 5.74) is 0. The topological polar surface area (TPSA) is 36.9 Å². The fourth-order valence-corrected chi connectivity index (χ4v) is 15.6. The minimum absolute atomic E-state index is 0.291. The van der Waals surface area contributed by atoms with Gasteiger partial charge in [0.25, 0.3) is 0 Å². The zero-order chi connectivity index (χ0) is 20.8. The van der Waals surface area contributed by atoms with Gasteiger partial charge >= 0.3 is 145 Å². The zero-order valence-electron chi connectivity index (χ0n) is 17.2. The number of hydrogen-bond donors (Lipinski definition) is 0. The molecule has 4 nitrogen and oxygen atoms in total. The molecule has 2 aromatic rings. The van der Waals surface area contributed by atoms with Crippen LogP contribution >= 0.6 is 0 Å². The van der Waals surface area contributed by atoms with Crippen LogP contribution in [0.2, 0.25) is 4.33 Å². The van der Waals surface area contributed by atoms with Crippen LogP contribution in [0.3, 0.4) is 0 Å². The van der Waals surface area contributed by atoms with Gasteiger partial charge in [-0.15, -0.1) is 0 Å². The summed E-state index contributed by atoms with van der Waals surface area (Å²) in [6, 6.07) is 21.5. The van der Waals surface area contributed by atoms with Gasteiger partial charge in [0.15, 0.2) is 0 Å². The van der Waals surface area contributed by atoms with Crippen molar-refractivity contribution in [3.05, 3.63) is 86.3 Å². The first-order chi connectivity index (χ1) is 13.6. The van der Waals surface area contributed by atoms with Crippen LogP contribution in [0.15, 0.2) is 86.3 Å². The number of benzene rings is 2. The summed E-state index contributed by atoms with van der Waals surface area (Å²) in [5.74, 6) is 0. The summed E-state index contributed by atoms with van der Waals surface area (Å²) < 4.78 is 25.0. The van der Waals surface area contributed by atoms with Crippen LogP contribution in [-0.4, -0.2) is 44.8 Å². The van der Waals surface area contributed by atoms with Crippen LogP contribution in [0.4, 0.5) is 0 Å². The molecule has 0 amide bonds. The molecule has 1 unspecified atom stereocenters. The van der Waals surface area contributed by atoms with E-state index in [1.54, 1.807) is 21.3 Å². The van der Waals surface area contributed by atoms with Gasteiger partial charge in [-0.25, -0.2) is 0 Å². The monoisotopic (exact) mass is 462 g/mol. The molecule has 0 saturated heterocycles. The molecule has 152 valence electrons. The zero-order valence-corrected chi connectivity index (χ0v) is 20.1. The summed E-state index contributed by atoms with van der Waals surface area (Å²) >= 11 is -1.64. The van der Waals surface area contributed by atoms with E-state index in [2.05, 4.69) is 85.5 Å². The second-order valence-corrected chi connectivity index (χ2v) is 14.9. The first kappa shape index (κ1) is 24.4.